The average molecular weight is 173 g/mol. The quantitative estimate of drug-likeness (QED) is 0.178. The molecule has 1 aliphatic rings. The minimum Gasteiger partial charge on any atom is 0 e. The summed E-state index contributed by atoms with van der Waals surface area (Å²) < 4.78 is 6.76. The van der Waals surface area contributed by atoms with Crippen molar-refractivity contribution in [2.45, 2.75) is 0 Å². The summed E-state index contributed by atoms with van der Waals surface area (Å²) in [6.45, 7) is 0. The molecule has 3 N–H and O–H groups in total. The van der Waals surface area contributed by atoms with Crippen molar-refractivity contribution in [3.8, 4) is 0 Å². The van der Waals surface area contributed by atoms with Crippen LogP contribution in [-0.2, 0) is 27.9 Å². The van der Waals surface area contributed by atoms with E-state index in [0.29, 0.717) is 0 Å². The van der Waals surface area contributed by atoms with Gasteiger partial charge in [0, 0.05) is 18.6 Å². The molecule has 45 valence electrons. The van der Waals surface area contributed by atoms with Gasteiger partial charge in [-0.3, -0.25) is 0 Å². The van der Waals surface area contributed by atoms with Crippen LogP contribution in [-0.4, -0.2) is 33.5 Å². The first-order valence-corrected chi connectivity index (χ1v) is 3.06. The molecular formula is H4LiO5PV. The Morgan fingerprint density at radius 2 is 1.12 bits per heavy atom. The predicted molar refractivity (Wildman–Crippen MR) is 22.9 cm³/mol. The van der Waals surface area contributed by atoms with Gasteiger partial charge in [0.05, 0.1) is 0 Å². The number of hydrogen-bond donors (Lipinski definition) is 3. The van der Waals surface area contributed by atoms with Gasteiger partial charge >= 0.3 is 50.6 Å². The van der Waals surface area contributed by atoms with E-state index < -0.39 is 7.74 Å². The van der Waals surface area contributed by atoms with Gasteiger partial charge in [-0.2, -0.15) is 0 Å². The molecule has 8 heavy (non-hydrogen) atoms. The van der Waals surface area contributed by atoms with Crippen LogP contribution in [0.2, 0.25) is 0 Å². The van der Waals surface area contributed by atoms with Crippen LogP contribution in [0.25, 0.3) is 0 Å². The van der Waals surface area contributed by atoms with E-state index in [-0.39, 0.29) is 37.4 Å². The van der Waals surface area contributed by atoms with Crippen LogP contribution < -0.4 is 0 Å². The Balaban J connectivity index is 0. The molecule has 1 aliphatic heterocycles. The third-order valence-electron chi connectivity index (χ3n) is 0.275. The molecule has 0 atom stereocenters. The number of rotatable bonds is 0. The maximum Gasteiger partial charge on any atom is 0 e. The van der Waals surface area contributed by atoms with Gasteiger partial charge in [-0.15, -0.1) is 0 Å². The topological polar surface area (TPSA) is 85.8 Å². The molecule has 1 saturated heterocycles. The Bertz CT molecular complexity index is 76.2. The first-order valence-electron chi connectivity index (χ1n) is 1.13. The zero-order chi connectivity index (χ0) is 4.86. The summed E-state index contributed by atoms with van der Waals surface area (Å²) in [5.74, 6) is 0. The average Bonchev–Trinajstić information content (AvgIpc) is 1.73. The fourth-order valence-corrected chi connectivity index (χ4v) is 0.402. The fourth-order valence-electron chi connectivity index (χ4n) is 0.0447. The van der Waals surface area contributed by atoms with Crippen LogP contribution in [0.4, 0.5) is 0 Å². The van der Waals surface area contributed by atoms with Gasteiger partial charge in [-0.05, 0) is 0 Å². The largest absolute Gasteiger partial charge is 0 e. The summed E-state index contributed by atoms with van der Waals surface area (Å²) in [5, 5.41) is 0. The van der Waals surface area contributed by atoms with Gasteiger partial charge in [0.1, 0.15) is 0 Å². The Morgan fingerprint density at radius 1 is 1.00 bits per heavy atom. The second-order valence-electron chi connectivity index (χ2n) is 0.982. The van der Waals surface area contributed by atoms with Gasteiger partial charge in [0.25, 0.3) is 0 Å². The van der Waals surface area contributed by atoms with Gasteiger partial charge in [-0.25, -0.2) is 0 Å². The number of hydrogen-bond acceptors (Lipinski definition) is 5. The van der Waals surface area contributed by atoms with E-state index in [2.05, 4.69) is 9.35 Å². The molecule has 1 radical (unpaired) electrons. The Hall–Kier alpha value is 1.41. The first kappa shape index (κ1) is 12.1. The van der Waals surface area contributed by atoms with Crippen LogP contribution in [0.3, 0.4) is 0 Å². The van der Waals surface area contributed by atoms with E-state index in [1.807, 2.05) is 0 Å². The molecule has 0 aromatic carbocycles. The van der Waals surface area contributed by atoms with Crippen molar-refractivity contribution in [2.75, 3.05) is 0 Å². The second kappa shape index (κ2) is 2.57. The SMILES string of the molecule is OP1(O)(O)OO1.[LiH].[V]. The van der Waals surface area contributed by atoms with Gasteiger partial charge < -0.3 is 0 Å². The van der Waals surface area contributed by atoms with Gasteiger partial charge in [-0.1, -0.05) is 0 Å². The molecule has 1 rings (SSSR count). The van der Waals surface area contributed by atoms with E-state index in [1.165, 1.54) is 0 Å². The molecule has 0 aromatic rings. The smallest absolute Gasteiger partial charge is 0 e. The summed E-state index contributed by atoms with van der Waals surface area (Å²) in [7, 11) is -4.80. The molecule has 0 aromatic heterocycles. The fraction of sp³-hybridized carbons (Fsp3) is 0. The van der Waals surface area contributed by atoms with Crippen LogP contribution in [0.15, 0.2) is 0 Å². The molecule has 0 amide bonds. The maximum atomic E-state index is 7.89. The molecule has 0 spiro atoms. The van der Waals surface area contributed by atoms with Gasteiger partial charge in [0.15, 0.2) is 0 Å². The van der Waals surface area contributed by atoms with Crippen LogP contribution in [0, 0.1) is 0 Å². The molecule has 1 heterocycles. The summed E-state index contributed by atoms with van der Waals surface area (Å²) >= 11 is 0. The predicted octanol–water partition coefficient (Wildman–Crippen LogP) is -1.60. The van der Waals surface area contributed by atoms with Crippen LogP contribution in [0.1, 0.15) is 0 Å². The van der Waals surface area contributed by atoms with Crippen molar-refractivity contribution < 1.29 is 42.6 Å². The van der Waals surface area contributed by atoms with Crippen LogP contribution >= 0.6 is 7.74 Å². The molecule has 0 saturated carbocycles. The zero-order valence-corrected chi connectivity index (χ0v) is 5.34. The molecule has 1 fully saturated rings. The summed E-state index contributed by atoms with van der Waals surface area (Å²) in [6.07, 6.45) is 0. The summed E-state index contributed by atoms with van der Waals surface area (Å²) in [5.41, 5.74) is 0. The van der Waals surface area contributed by atoms with E-state index in [1.54, 1.807) is 0 Å². The molecule has 0 bridgehead atoms. The van der Waals surface area contributed by atoms with Crippen molar-refractivity contribution in [3.05, 3.63) is 0 Å². The maximum absolute atomic E-state index is 7.89. The van der Waals surface area contributed by atoms with Crippen molar-refractivity contribution in [1.29, 1.82) is 0 Å². The Labute approximate surface area is 69.3 Å². The standard InChI is InChI=1S/Li.H3O5P.V.H/c;1-6(2,3)4-5-6;;/h;1-3H;;. The van der Waals surface area contributed by atoms with Crippen molar-refractivity contribution in [1.82, 2.24) is 0 Å². The van der Waals surface area contributed by atoms with Crippen molar-refractivity contribution >= 4 is 26.6 Å². The van der Waals surface area contributed by atoms with E-state index in [4.69, 9.17) is 14.7 Å². The van der Waals surface area contributed by atoms with E-state index in [0.717, 1.165) is 0 Å². The minimum absolute atomic E-state index is 0. The van der Waals surface area contributed by atoms with E-state index in [9.17, 15) is 0 Å². The van der Waals surface area contributed by atoms with Crippen molar-refractivity contribution in [3.63, 3.8) is 0 Å². The molecular weight excluding hydrogens is 169 g/mol. The second-order valence-corrected chi connectivity index (χ2v) is 2.95. The third-order valence-corrected chi connectivity index (χ3v) is 0.824. The Morgan fingerprint density at radius 3 is 1.12 bits per heavy atom. The first-order chi connectivity index (χ1) is 2.47. The molecule has 0 unspecified atom stereocenters. The van der Waals surface area contributed by atoms with E-state index >= 15 is 0 Å². The Kier molecular flexibility index (Phi) is 3.89. The molecule has 5 nitrogen and oxygen atoms in total. The zero-order valence-electron chi connectivity index (χ0n) is 3.05. The normalized spacial score (nSPS) is 32.1. The van der Waals surface area contributed by atoms with Crippen LogP contribution in [0.5, 0.6) is 0 Å². The minimum atomic E-state index is -4.80. The van der Waals surface area contributed by atoms with Crippen molar-refractivity contribution in [2.24, 2.45) is 0 Å². The molecule has 8 heteroatoms. The van der Waals surface area contributed by atoms with Gasteiger partial charge in [0.2, 0.25) is 0 Å². The third kappa shape index (κ3) is 4.31. The monoisotopic (exact) mass is 173 g/mol. The summed E-state index contributed by atoms with van der Waals surface area (Å²) in [6, 6.07) is 0. The summed E-state index contributed by atoms with van der Waals surface area (Å²) in [4.78, 5) is 23.7. The molecule has 0 aliphatic carbocycles.